The van der Waals surface area contributed by atoms with E-state index >= 15 is 0 Å². The number of benzene rings is 4. The highest BCUT2D eigenvalue weighted by molar-refractivity contribution is 7.85. The molecule has 11 rings (SSSR count). The van der Waals surface area contributed by atoms with E-state index in [2.05, 4.69) is 16.6 Å². The maximum absolute atomic E-state index is 13.4. The largest absolute Gasteiger partial charge is 0.508 e. The first kappa shape index (κ1) is 18.1. The number of aryl methyl sites for hydroxylation is 4. The van der Waals surface area contributed by atoms with Gasteiger partial charge in [0.1, 0.15) is 5.75 Å². The Bertz CT molecular complexity index is 2300. The van der Waals surface area contributed by atoms with Crippen LogP contribution in [0.3, 0.4) is 0 Å². The van der Waals surface area contributed by atoms with Gasteiger partial charge in [0, 0.05) is 77.2 Å². The van der Waals surface area contributed by atoms with Crippen LogP contribution in [0.5, 0.6) is 5.75 Å². The number of fused-ring (bicyclic) bond motifs is 2. The second kappa shape index (κ2) is 5.38. The van der Waals surface area contributed by atoms with Gasteiger partial charge in [-0.1, -0.05) is 0 Å². The second-order valence-electron chi connectivity index (χ2n) is 11.2. The number of pyridine rings is 1. The summed E-state index contributed by atoms with van der Waals surface area (Å²) >= 11 is 1.70. The first-order valence-electron chi connectivity index (χ1n) is 12.8. The summed E-state index contributed by atoms with van der Waals surface area (Å²) in [5.41, 5.74) is 9.11. The molecule has 4 heterocycles. The molecule has 1 aliphatic heterocycles. The minimum Gasteiger partial charge on any atom is -0.508 e. The fourth-order valence-electron chi connectivity index (χ4n) is 8.63. The highest BCUT2D eigenvalue weighted by atomic mass is 32.2. The van der Waals surface area contributed by atoms with Crippen molar-refractivity contribution in [3.05, 3.63) is 51.3 Å². The summed E-state index contributed by atoms with van der Waals surface area (Å²) in [6.07, 6.45) is 6.83. The number of hydrogen-bond donors (Lipinski definition) is 2. The average molecular weight is 503 g/mol. The summed E-state index contributed by atoms with van der Waals surface area (Å²) in [6.45, 7) is 0. The molecule has 3 aliphatic carbocycles. The summed E-state index contributed by atoms with van der Waals surface area (Å²) in [5.74, 6) is 1.38. The van der Waals surface area contributed by atoms with Gasteiger partial charge in [-0.25, -0.2) is 0 Å². The first-order valence-corrected chi connectivity index (χ1v) is 15.0. The van der Waals surface area contributed by atoms with Crippen molar-refractivity contribution in [2.24, 2.45) is 0 Å². The van der Waals surface area contributed by atoms with Crippen LogP contribution in [0.2, 0.25) is 0 Å². The Kier molecular flexibility index (Phi) is 2.71. The van der Waals surface area contributed by atoms with Gasteiger partial charge in [-0.15, -0.1) is 11.3 Å². The van der Waals surface area contributed by atoms with Crippen molar-refractivity contribution in [3.8, 4) is 5.75 Å². The molecule has 2 atom stereocenters. The molecule has 0 radical (unpaired) electrons. The zero-order chi connectivity index (χ0) is 23.2. The number of H-pyrrole nitrogens is 1. The molecule has 3 aromatic heterocycles. The molecule has 4 aromatic carbocycles. The molecule has 172 valence electrons. The molecule has 2 N–H and O–H groups in total. The maximum Gasteiger partial charge on any atom is 0.120 e. The third-order valence-corrected chi connectivity index (χ3v) is 12.5. The predicted molar refractivity (Wildman–Crippen MR) is 147 cm³/mol. The molecule has 0 spiro atoms. The molecule has 0 saturated heterocycles. The minimum absolute atomic E-state index is 0.265. The Labute approximate surface area is 210 Å². The van der Waals surface area contributed by atoms with Gasteiger partial charge in [0.2, 0.25) is 0 Å². The van der Waals surface area contributed by atoms with Crippen LogP contribution in [0, 0.1) is 0 Å². The Morgan fingerprint density at radius 1 is 0.917 bits per heavy atom. The van der Waals surface area contributed by atoms with Crippen LogP contribution >= 0.6 is 11.3 Å². The number of hydrogen-bond acceptors (Lipinski definition) is 4. The van der Waals surface area contributed by atoms with Crippen molar-refractivity contribution in [2.45, 2.75) is 42.9 Å². The highest BCUT2D eigenvalue weighted by Gasteiger charge is 2.39. The molecule has 36 heavy (non-hydrogen) atoms. The van der Waals surface area contributed by atoms with Gasteiger partial charge < -0.3 is 10.1 Å². The van der Waals surface area contributed by atoms with Gasteiger partial charge in [0.25, 0.3) is 0 Å². The first-order chi connectivity index (χ1) is 17.7. The van der Waals surface area contributed by atoms with Crippen LogP contribution in [0.1, 0.15) is 39.6 Å². The fourth-order valence-corrected chi connectivity index (χ4v) is 11.5. The van der Waals surface area contributed by atoms with Gasteiger partial charge in [0.05, 0.1) is 21.2 Å². The molecular formula is C30H18N2O2S2. The number of rotatable bonds is 0. The summed E-state index contributed by atoms with van der Waals surface area (Å²) < 4.78 is 14.6. The number of aromatic nitrogens is 2. The third-order valence-electron chi connectivity index (χ3n) is 9.83. The minimum atomic E-state index is -0.984. The Balaban J connectivity index is 1.62. The maximum atomic E-state index is 13.4. The Hall–Kier alpha value is -3.22. The molecule has 6 heteroatoms. The van der Waals surface area contributed by atoms with E-state index in [0.29, 0.717) is 11.5 Å². The van der Waals surface area contributed by atoms with Gasteiger partial charge >= 0.3 is 0 Å². The molecule has 0 saturated carbocycles. The lowest BCUT2D eigenvalue weighted by atomic mass is 9.72. The molecule has 2 unspecified atom stereocenters. The number of aromatic amines is 1. The van der Waals surface area contributed by atoms with Crippen LogP contribution < -0.4 is 0 Å². The molecule has 0 amide bonds. The number of phenols is 1. The van der Waals surface area contributed by atoms with Crippen LogP contribution in [0.4, 0.5) is 0 Å². The smallest absolute Gasteiger partial charge is 0.120 e. The third kappa shape index (κ3) is 1.65. The van der Waals surface area contributed by atoms with Crippen LogP contribution in [-0.2, 0) is 42.9 Å². The fraction of sp³-hybridized carbons (Fsp3) is 0.233. The van der Waals surface area contributed by atoms with Crippen molar-refractivity contribution in [1.82, 2.24) is 9.97 Å². The van der Waals surface area contributed by atoms with Crippen molar-refractivity contribution in [1.29, 1.82) is 0 Å². The van der Waals surface area contributed by atoms with Crippen LogP contribution in [0.15, 0.2) is 22.5 Å². The zero-order valence-corrected chi connectivity index (χ0v) is 20.8. The monoisotopic (exact) mass is 502 g/mol. The van der Waals surface area contributed by atoms with Gasteiger partial charge in [0.15, 0.2) is 0 Å². The predicted octanol–water partition coefficient (Wildman–Crippen LogP) is 6.49. The SMILES string of the molecule is O=S1CC2Cc3[nH]c4c5c6c(cnc6c6c7c8c(c(O)cc9c%10scc1c%10c2c(c3c57)c98)CC6)CC4. The summed E-state index contributed by atoms with van der Waals surface area (Å²) in [4.78, 5) is 9.95. The van der Waals surface area contributed by atoms with Crippen molar-refractivity contribution < 1.29 is 9.32 Å². The molecule has 4 nitrogen and oxygen atoms in total. The van der Waals surface area contributed by atoms with Crippen molar-refractivity contribution in [2.75, 3.05) is 5.75 Å². The number of nitrogens with zero attached hydrogens (tertiary/aromatic N) is 1. The topological polar surface area (TPSA) is 66.0 Å². The summed E-state index contributed by atoms with van der Waals surface area (Å²) in [7, 11) is -0.984. The quantitative estimate of drug-likeness (QED) is 0.184. The highest BCUT2D eigenvalue weighted by Crippen LogP contribution is 2.59. The van der Waals surface area contributed by atoms with E-state index in [4.69, 9.17) is 4.98 Å². The van der Waals surface area contributed by atoms with Gasteiger partial charge in [-0.3, -0.25) is 9.19 Å². The van der Waals surface area contributed by atoms with E-state index in [9.17, 15) is 9.32 Å². The number of thiophene rings is 1. The lowest BCUT2D eigenvalue weighted by Crippen LogP contribution is -2.22. The molecular weight excluding hydrogens is 484 g/mol. The van der Waals surface area contributed by atoms with Crippen molar-refractivity contribution in [3.63, 3.8) is 0 Å². The standard InChI is InChI=1S/C30H18N2O2S2/c33-17-6-14-23-21-12(17)2-3-13-22(21)28-24-15(4-1-10-7-31-29(13)20(10)24)32-16-5-11-9-36(34)18-8-35-30(14)26(18)19(11)27(23)25(16)28/h6-8,11,32-33H,1-5,9H2. The lowest BCUT2D eigenvalue weighted by molar-refractivity contribution is 0.470. The average Bonchev–Trinajstić information content (AvgIpc) is 3.52. The van der Waals surface area contributed by atoms with Gasteiger partial charge in [-0.2, -0.15) is 0 Å². The number of nitrogens with one attached hydrogen (secondary N) is 1. The summed E-state index contributed by atoms with van der Waals surface area (Å²) in [6, 6.07) is 2.01. The Morgan fingerprint density at radius 2 is 1.78 bits per heavy atom. The van der Waals surface area contributed by atoms with E-state index < -0.39 is 10.8 Å². The Morgan fingerprint density at radius 3 is 2.72 bits per heavy atom. The zero-order valence-electron chi connectivity index (χ0n) is 19.2. The van der Waals surface area contributed by atoms with Crippen molar-refractivity contribution >= 4 is 86.2 Å². The molecule has 0 fully saturated rings. The molecule has 0 bridgehead atoms. The normalized spacial score (nSPS) is 21.4. The van der Waals surface area contributed by atoms with E-state index in [1.165, 1.54) is 86.8 Å². The van der Waals surface area contributed by atoms with E-state index in [-0.39, 0.29) is 5.92 Å². The second-order valence-corrected chi connectivity index (χ2v) is 13.6. The van der Waals surface area contributed by atoms with Crippen LogP contribution in [-0.4, -0.2) is 25.0 Å². The lowest BCUT2D eigenvalue weighted by Gasteiger charge is -2.35. The number of phenolic OH excluding ortho intramolecular Hbond substituents is 1. The molecule has 4 aliphatic rings. The number of aromatic hydroxyl groups is 1. The van der Waals surface area contributed by atoms with Gasteiger partial charge in [-0.05, 0) is 76.4 Å². The molecule has 7 aromatic rings. The van der Waals surface area contributed by atoms with E-state index in [1.807, 2.05) is 6.07 Å². The van der Waals surface area contributed by atoms with Crippen LogP contribution in [0.25, 0.3) is 64.1 Å². The van der Waals surface area contributed by atoms with E-state index in [0.717, 1.165) is 47.9 Å². The summed E-state index contributed by atoms with van der Waals surface area (Å²) in [5, 5.41) is 26.6. The van der Waals surface area contributed by atoms with E-state index in [1.54, 1.807) is 11.3 Å².